The summed E-state index contributed by atoms with van der Waals surface area (Å²) >= 11 is 0. The molecule has 0 bridgehead atoms. The maximum Gasteiger partial charge on any atom is 0.335 e. The predicted molar refractivity (Wildman–Crippen MR) is 56.4 cm³/mol. The summed E-state index contributed by atoms with van der Waals surface area (Å²) in [6.07, 6.45) is 2.91. The number of carboxylic acid groups (broad SMARTS) is 1. The lowest BCUT2D eigenvalue weighted by Gasteiger charge is -1.98. The van der Waals surface area contributed by atoms with E-state index < -0.39 is 11.8 Å². The molecule has 0 aromatic heterocycles. The van der Waals surface area contributed by atoms with Crippen molar-refractivity contribution in [2.75, 3.05) is 6.54 Å². The van der Waals surface area contributed by atoms with E-state index in [0.29, 0.717) is 0 Å². The van der Waals surface area contributed by atoms with Crippen LogP contribution in [0.25, 0.3) is 16.5 Å². The van der Waals surface area contributed by atoms with E-state index in [4.69, 9.17) is 10.6 Å². The molecule has 0 heterocycles. The summed E-state index contributed by atoms with van der Waals surface area (Å²) in [4.78, 5) is 13.1. The van der Waals surface area contributed by atoms with E-state index in [1.54, 1.807) is 0 Å². The van der Waals surface area contributed by atoms with Gasteiger partial charge in [0.05, 0.1) is 5.56 Å². The van der Waals surface area contributed by atoms with Gasteiger partial charge in [0.15, 0.2) is 0 Å². The first-order valence-corrected chi connectivity index (χ1v) is 4.35. The minimum atomic E-state index is -1.18. The lowest BCUT2D eigenvalue weighted by Crippen LogP contribution is -1.97. The maximum atomic E-state index is 13.3. The number of azide groups is 1. The molecule has 1 aromatic rings. The van der Waals surface area contributed by atoms with Gasteiger partial charge < -0.3 is 5.11 Å². The Morgan fingerprint density at radius 1 is 1.62 bits per heavy atom. The van der Waals surface area contributed by atoms with Gasteiger partial charge in [0.25, 0.3) is 0 Å². The van der Waals surface area contributed by atoms with Crippen molar-refractivity contribution in [1.82, 2.24) is 0 Å². The van der Waals surface area contributed by atoms with Crippen molar-refractivity contribution in [3.05, 3.63) is 51.7 Å². The second-order valence-corrected chi connectivity index (χ2v) is 2.86. The molecule has 82 valence electrons. The van der Waals surface area contributed by atoms with Crippen LogP contribution in [0.4, 0.5) is 4.39 Å². The van der Waals surface area contributed by atoms with Crippen LogP contribution in [0, 0.1) is 5.82 Å². The quantitative estimate of drug-likeness (QED) is 0.481. The molecule has 0 aliphatic rings. The Kier molecular flexibility index (Phi) is 4.06. The SMILES string of the molecule is [N-]=[N+]=NCC=Cc1ccc(C(=O)O)cc1F. The van der Waals surface area contributed by atoms with Gasteiger partial charge in [-0.25, -0.2) is 9.18 Å². The highest BCUT2D eigenvalue weighted by atomic mass is 19.1. The molecule has 0 radical (unpaired) electrons. The number of benzene rings is 1. The van der Waals surface area contributed by atoms with Crippen LogP contribution in [0.15, 0.2) is 29.4 Å². The molecular formula is C10H8FN3O2. The number of carboxylic acids is 1. The molecule has 5 nitrogen and oxygen atoms in total. The molecule has 1 rings (SSSR count). The average molecular weight is 221 g/mol. The van der Waals surface area contributed by atoms with Crippen LogP contribution in [0.3, 0.4) is 0 Å². The molecular weight excluding hydrogens is 213 g/mol. The van der Waals surface area contributed by atoms with Crippen LogP contribution >= 0.6 is 0 Å². The molecule has 0 saturated carbocycles. The topological polar surface area (TPSA) is 86.1 Å². The van der Waals surface area contributed by atoms with Gasteiger partial charge in [-0.2, -0.15) is 0 Å². The minimum Gasteiger partial charge on any atom is -0.478 e. The fraction of sp³-hybridized carbons (Fsp3) is 0.100. The molecule has 6 heteroatoms. The predicted octanol–water partition coefficient (Wildman–Crippen LogP) is 2.85. The largest absolute Gasteiger partial charge is 0.478 e. The van der Waals surface area contributed by atoms with Gasteiger partial charge in [-0.3, -0.25) is 0 Å². The van der Waals surface area contributed by atoms with Crippen molar-refractivity contribution in [2.45, 2.75) is 0 Å². The summed E-state index contributed by atoms with van der Waals surface area (Å²) in [6.45, 7) is 0.122. The number of hydrogen-bond donors (Lipinski definition) is 1. The molecule has 0 fully saturated rings. The number of halogens is 1. The zero-order chi connectivity index (χ0) is 12.0. The lowest BCUT2D eigenvalue weighted by atomic mass is 10.1. The third-order valence-corrected chi connectivity index (χ3v) is 1.80. The Morgan fingerprint density at radius 3 is 2.94 bits per heavy atom. The first-order valence-electron chi connectivity index (χ1n) is 4.35. The molecule has 0 atom stereocenters. The van der Waals surface area contributed by atoms with Crippen molar-refractivity contribution < 1.29 is 14.3 Å². The monoisotopic (exact) mass is 221 g/mol. The summed E-state index contributed by atoms with van der Waals surface area (Å²) in [7, 11) is 0. The highest BCUT2D eigenvalue weighted by Gasteiger charge is 2.05. The molecule has 1 aromatic carbocycles. The van der Waals surface area contributed by atoms with Gasteiger partial charge in [-0.05, 0) is 17.7 Å². The van der Waals surface area contributed by atoms with E-state index in [1.807, 2.05) is 0 Å². The molecule has 1 N–H and O–H groups in total. The summed E-state index contributed by atoms with van der Waals surface area (Å²) < 4.78 is 13.3. The Labute approximate surface area is 90.5 Å². The van der Waals surface area contributed by atoms with Crippen molar-refractivity contribution in [3.63, 3.8) is 0 Å². The molecule has 0 spiro atoms. The number of aromatic carboxylic acids is 1. The van der Waals surface area contributed by atoms with Crippen LogP contribution < -0.4 is 0 Å². The maximum absolute atomic E-state index is 13.3. The van der Waals surface area contributed by atoms with E-state index in [1.165, 1.54) is 24.3 Å². The second kappa shape index (κ2) is 5.53. The summed E-state index contributed by atoms with van der Waals surface area (Å²) in [5, 5.41) is 11.8. The smallest absolute Gasteiger partial charge is 0.335 e. The van der Waals surface area contributed by atoms with Crippen molar-refractivity contribution >= 4 is 12.0 Å². The van der Waals surface area contributed by atoms with E-state index in [0.717, 1.165) is 6.07 Å². The van der Waals surface area contributed by atoms with Crippen LogP contribution in [-0.4, -0.2) is 17.6 Å². The molecule has 0 saturated heterocycles. The summed E-state index contributed by atoms with van der Waals surface area (Å²) in [5.74, 6) is -1.81. The van der Waals surface area contributed by atoms with Gasteiger partial charge in [0, 0.05) is 17.0 Å². The summed E-state index contributed by atoms with van der Waals surface area (Å²) in [6, 6.07) is 3.60. The van der Waals surface area contributed by atoms with E-state index in [-0.39, 0.29) is 17.7 Å². The Morgan fingerprint density at radius 2 is 2.38 bits per heavy atom. The van der Waals surface area contributed by atoms with Crippen LogP contribution in [-0.2, 0) is 0 Å². The zero-order valence-electron chi connectivity index (χ0n) is 8.17. The molecule has 0 amide bonds. The third-order valence-electron chi connectivity index (χ3n) is 1.80. The van der Waals surface area contributed by atoms with Gasteiger partial charge >= 0.3 is 5.97 Å². The molecule has 16 heavy (non-hydrogen) atoms. The fourth-order valence-corrected chi connectivity index (χ4v) is 1.06. The minimum absolute atomic E-state index is 0.107. The van der Waals surface area contributed by atoms with E-state index in [2.05, 4.69) is 10.0 Å². The number of rotatable bonds is 4. The summed E-state index contributed by atoms with van der Waals surface area (Å²) in [5.41, 5.74) is 8.14. The molecule has 0 unspecified atom stereocenters. The first kappa shape index (κ1) is 11.7. The fourth-order valence-electron chi connectivity index (χ4n) is 1.06. The Bertz CT molecular complexity index is 479. The molecule has 0 aliphatic carbocycles. The van der Waals surface area contributed by atoms with Crippen LogP contribution in [0.5, 0.6) is 0 Å². The molecule has 0 aliphatic heterocycles. The van der Waals surface area contributed by atoms with Gasteiger partial charge in [-0.1, -0.05) is 23.3 Å². The lowest BCUT2D eigenvalue weighted by molar-refractivity contribution is 0.0696. The number of nitrogens with zero attached hydrogens (tertiary/aromatic N) is 3. The van der Waals surface area contributed by atoms with Gasteiger partial charge in [0.1, 0.15) is 5.82 Å². The van der Waals surface area contributed by atoms with E-state index >= 15 is 0 Å². The van der Waals surface area contributed by atoms with Gasteiger partial charge in [-0.15, -0.1) is 0 Å². The second-order valence-electron chi connectivity index (χ2n) is 2.86. The third kappa shape index (κ3) is 3.11. The van der Waals surface area contributed by atoms with Crippen molar-refractivity contribution in [3.8, 4) is 0 Å². The van der Waals surface area contributed by atoms with Crippen molar-refractivity contribution in [2.24, 2.45) is 5.11 Å². The van der Waals surface area contributed by atoms with Gasteiger partial charge in [0.2, 0.25) is 0 Å². The highest BCUT2D eigenvalue weighted by Crippen LogP contribution is 2.12. The normalized spacial score (nSPS) is 10.1. The first-order chi connectivity index (χ1) is 7.65. The zero-order valence-corrected chi connectivity index (χ0v) is 8.17. The number of hydrogen-bond acceptors (Lipinski definition) is 2. The standard InChI is InChI=1S/C10H8FN3O2/c11-9-6-8(10(15)16)4-3-7(9)2-1-5-13-14-12/h1-4,6H,5H2,(H,15,16). The van der Waals surface area contributed by atoms with Crippen LogP contribution in [0.2, 0.25) is 0 Å². The van der Waals surface area contributed by atoms with E-state index in [9.17, 15) is 9.18 Å². The Hall–Kier alpha value is -2.33. The van der Waals surface area contributed by atoms with Crippen molar-refractivity contribution in [1.29, 1.82) is 0 Å². The highest BCUT2D eigenvalue weighted by molar-refractivity contribution is 5.87. The number of carbonyl (C=O) groups is 1. The average Bonchev–Trinajstić information content (AvgIpc) is 2.26. The Balaban J connectivity index is 2.86. The van der Waals surface area contributed by atoms with Crippen LogP contribution in [0.1, 0.15) is 15.9 Å².